The Morgan fingerprint density at radius 2 is 2.00 bits per heavy atom. The van der Waals surface area contributed by atoms with Crippen LogP contribution in [0, 0.1) is 10.1 Å². The molecule has 0 fully saturated rings. The van der Waals surface area contributed by atoms with Crippen molar-refractivity contribution in [3.05, 3.63) is 52.5 Å². The van der Waals surface area contributed by atoms with E-state index in [0.29, 0.717) is 11.9 Å². The second-order valence-electron chi connectivity index (χ2n) is 4.94. The summed E-state index contributed by atoms with van der Waals surface area (Å²) in [5, 5.41) is 13.1. The summed E-state index contributed by atoms with van der Waals surface area (Å²) >= 11 is 0. The van der Waals surface area contributed by atoms with Gasteiger partial charge in [0.1, 0.15) is 12.1 Å². The minimum Gasteiger partial charge on any atom is -0.371 e. The van der Waals surface area contributed by atoms with Gasteiger partial charge in [0.05, 0.1) is 12.8 Å². The van der Waals surface area contributed by atoms with E-state index in [1.807, 2.05) is 0 Å². The number of anilines is 1. The molecule has 1 N–H and O–H groups in total. The second kappa shape index (κ2) is 6.57. The smallest absolute Gasteiger partial charge is 0.371 e. The van der Waals surface area contributed by atoms with E-state index in [0.717, 1.165) is 5.56 Å². The van der Waals surface area contributed by atoms with E-state index in [9.17, 15) is 26.9 Å². The molecule has 0 bridgehead atoms. The largest absolute Gasteiger partial charge is 0.381 e. The Morgan fingerprint density at radius 1 is 1.29 bits per heavy atom. The number of benzene rings is 1. The van der Waals surface area contributed by atoms with Crippen LogP contribution < -0.4 is 5.32 Å². The summed E-state index contributed by atoms with van der Waals surface area (Å²) in [6.07, 6.45) is 3.22. The Bertz CT molecular complexity index is 965. The Labute approximate surface area is 137 Å². The van der Waals surface area contributed by atoms with Crippen LogP contribution in [0.5, 0.6) is 0 Å². The van der Waals surface area contributed by atoms with E-state index in [-0.39, 0.29) is 12.4 Å². The summed E-state index contributed by atoms with van der Waals surface area (Å²) in [6, 6.07) is 6.58. The van der Waals surface area contributed by atoms with Crippen molar-refractivity contribution in [2.24, 2.45) is 0 Å². The van der Waals surface area contributed by atoms with Gasteiger partial charge in [0, 0.05) is 5.69 Å². The highest BCUT2D eigenvalue weighted by atomic mass is 33.2. The van der Waals surface area contributed by atoms with Gasteiger partial charge in [-0.15, -0.1) is 0 Å². The van der Waals surface area contributed by atoms with E-state index in [4.69, 9.17) is 0 Å². The lowest BCUT2D eigenvalue weighted by atomic mass is 10.2. The number of aromatic nitrogens is 2. The molecule has 0 spiro atoms. The van der Waals surface area contributed by atoms with Gasteiger partial charge in [-0.1, -0.05) is 12.1 Å². The Hall–Kier alpha value is -2.47. The van der Waals surface area contributed by atoms with Crippen LogP contribution in [0.4, 0.5) is 11.5 Å². The highest BCUT2D eigenvalue weighted by molar-refractivity contribution is 8.66. The Kier molecular flexibility index (Phi) is 4.89. The van der Waals surface area contributed by atoms with Crippen LogP contribution in [0.3, 0.4) is 0 Å². The summed E-state index contributed by atoms with van der Waals surface area (Å²) in [4.78, 5) is 13.6. The highest BCUT2D eigenvalue weighted by Crippen LogP contribution is 2.14. The van der Waals surface area contributed by atoms with Gasteiger partial charge in [-0.3, -0.25) is 0 Å². The maximum absolute atomic E-state index is 11.5. The summed E-state index contributed by atoms with van der Waals surface area (Å²) < 4.78 is 46.9. The first kappa shape index (κ1) is 17.9. The predicted molar refractivity (Wildman–Crippen MR) is 86.7 cm³/mol. The third-order valence-corrected chi connectivity index (χ3v) is 7.55. The minimum absolute atomic E-state index is 0.275. The van der Waals surface area contributed by atoms with Crippen molar-refractivity contribution < 1.29 is 21.8 Å². The topological polar surface area (TPSA) is 141 Å². The average Bonchev–Trinajstić information content (AvgIpc) is 2.93. The van der Waals surface area contributed by atoms with Crippen LogP contribution in [0.25, 0.3) is 0 Å². The summed E-state index contributed by atoms with van der Waals surface area (Å²) in [6.45, 7) is 0.287. The summed E-state index contributed by atoms with van der Waals surface area (Å²) in [5.41, 5.74) is 1.14. The first-order valence-electron chi connectivity index (χ1n) is 6.50. The zero-order chi connectivity index (χ0) is 18.0. The Balaban J connectivity index is 2.10. The molecule has 1 aromatic heterocycles. The maximum atomic E-state index is 11.5. The molecule has 0 unspecified atom stereocenters. The van der Waals surface area contributed by atoms with Crippen LogP contribution in [0.15, 0.2) is 36.8 Å². The van der Waals surface area contributed by atoms with Crippen molar-refractivity contribution in [2.45, 2.75) is 6.54 Å². The van der Waals surface area contributed by atoms with Gasteiger partial charge in [0.15, 0.2) is 0 Å². The van der Waals surface area contributed by atoms with E-state index in [1.165, 1.54) is 17.1 Å². The van der Waals surface area contributed by atoms with Crippen molar-refractivity contribution in [3.63, 3.8) is 0 Å². The normalized spacial score (nSPS) is 12.0. The van der Waals surface area contributed by atoms with Crippen LogP contribution >= 0.6 is 0 Å². The molecule has 0 aliphatic rings. The van der Waals surface area contributed by atoms with Gasteiger partial charge in [-0.05, 0) is 27.6 Å². The number of rotatable bonds is 7. The van der Waals surface area contributed by atoms with Gasteiger partial charge >= 0.3 is 5.82 Å². The van der Waals surface area contributed by atoms with E-state index in [1.54, 1.807) is 24.3 Å². The molecule has 1 aromatic carbocycles. The van der Waals surface area contributed by atoms with Crippen LogP contribution in [-0.2, 0) is 24.3 Å². The zero-order valence-electron chi connectivity index (χ0n) is 12.5. The number of imidazole rings is 1. The number of hydrogen-bond acceptors (Lipinski definition) is 8. The van der Waals surface area contributed by atoms with Gasteiger partial charge in [0.25, 0.3) is 17.7 Å². The first-order chi connectivity index (χ1) is 11.1. The summed E-state index contributed by atoms with van der Waals surface area (Å²) in [7, 11) is -8.51. The molecule has 12 heteroatoms. The molecule has 2 rings (SSSR count). The average molecular weight is 374 g/mol. The highest BCUT2D eigenvalue weighted by Gasteiger charge is 2.23. The third kappa shape index (κ3) is 4.29. The molecular formula is C12H14N4O6S2. The maximum Gasteiger partial charge on any atom is 0.381 e. The monoisotopic (exact) mass is 374 g/mol. The predicted octanol–water partition coefficient (Wildman–Crippen LogP) is 0.583. The van der Waals surface area contributed by atoms with Crippen molar-refractivity contribution in [1.29, 1.82) is 0 Å². The lowest BCUT2D eigenvalue weighted by Gasteiger charge is -2.08. The molecule has 0 atom stereocenters. The molecule has 2 aromatic rings. The van der Waals surface area contributed by atoms with Crippen molar-refractivity contribution in [3.8, 4) is 0 Å². The van der Waals surface area contributed by atoms with E-state index < -0.39 is 28.5 Å². The lowest BCUT2D eigenvalue weighted by Crippen LogP contribution is -2.22. The van der Waals surface area contributed by atoms with Crippen LogP contribution in [-0.4, -0.2) is 43.4 Å². The molecule has 130 valence electrons. The molecule has 10 nitrogen and oxygen atoms in total. The molecule has 1 heterocycles. The number of nitrogens with zero attached hydrogens (tertiary/aromatic N) is 3. The van der Waals surface area contributed by atoms with Crippen LogP contribution in [0.2, 0.25) is 0 Å². The molecule has 0 aliphatic heterocycles. The molecule has 24 heavy (non-hydrogen) atoms. The number of nitro groups is 1. The molecule has 0 radical (unpaired) electrons. The molecule has 0 saturated carbocycles. The van der Waals surface area contributed by atoms with Crippen LogP contribution in [0.1, 0.15) is 5.56 Å². The minimum atomic E-state index is -4.30. The molecule has 0 aliphatic carbocycles. The van der Waals surface area contributed by atoms with Gasteiger partial charge < -0.3 is 20.0 Å². The van der Waals surface area contributed by atoms with Gasteiger partial charge in [0.2, 0.25) is 6.33 Å². The number of hydrogen-bond donors (Lipinski definition) is 1. The fraction of sp³-hybridized carbons (Fsp3) is 0.250. The van der Waals surface area contributed by atoms with Gasteiger partial charge in [-0.25, -0.2) is 16.8 Å². The molecule has 0 saturated heterocycles. The van der Waals surface area contributed by atoms with Crippen molar-refractivity contribution in [1.82, 2.24) is 9.55 Å². The van der Waals surface area contributed by atoms with Crippen molar-refractivity contribution in [2.75, 3.05) is 17.4 Å². The number of nitrogens with one attached hydrogen (secondary N) is 1. The SMILES string of the molecule is CS(=O)(=O)S(=O)(=O)CNc1cccc(Cn2cnc([N+](=O)[O-])c2)c1. The fourth-order valence-corrected chi connectivity index (χ4v) is 3.17. The third-order valence-electron chi connectivity index (χ3n) is 3.01. The fourth-order valence-electron chi connectivity index (χ4n) is 1.80. The molecular weight excluding hydrogens is 360 g/mol. The second-order valence-corrected chi connectivity index (χ2v) is 11.1. The van der Waals surface area contributed by atoms with Gasteiger partial charge in [-0.2, -0.15) is 0 Å². The lowest BCUT2D eigenvalue weighted by molar-refractivity contribution is -0.389. The summed E-state index contributed by atoms with van der Waals surface area (Å²) in [5.74, 6) is -1.02. The quantitative estimate of drug-likeness (QED) is 0.421. The van der Waals surface area contributed by atoms with E-state index in [2.05, 4.69) is 10.3 Å². The standard InChI is InChI=1S/C12H14N4O6S2/c1-23(19,20)24(21,22)9-14-11-4-2-3-10(5-11)6-15-7-12(13-8-15)16(17)18/h2-5,7-8,14H,6,9H2,1H3. The Morgan fingerprint density at radius 3 is 2.58 bits per heavy atom. The first-order valence-corrected chi connectivity index (χ1v) is 10.6. The zero-order valence-corrected chi connectivity index (χ0v) is 14.1. The molecule has 0 amide bonds. The van der Waals surface area contributed by atoms with E-state index >= 15 is 0 Å². The van der Waals surface area contributed by atoms with Crippen molar-refractivity contribution >= 4 is 29.2 Å².